The molecule has 35 heavy (non-hydrogen) atoms. The summed E-state index contributed by atoms with van der Waals surface area (Å²) in [6, 6.07) is 4.86. The molecule has 1 saturated carbocycles. The third kappa shape index (κ3) is 6.52. The van der Waals surface area contributed by atoms with Crippen molar-refractivity contribution in [2.75, 3.05) is 39.2 Å². The van der Waals surface area contributed by atoms with Crippen LogP contribution in [0.25, 0.3) is 0 Å². The molecule has 1 aromatic rings. The van der Waals surface area contributed by atoms with Gasteiger partial charge in [-0.15, -0.1) is 0 Å². The lowest BCUT2D eigenvalue weighted by molar-refractivity contribution is -0.134. The van der Waals surface area contributed by atoms with Crippen LogP contribution in [0.2, 0.25) is 0 Å². The van der Waals surface area contributed by atoms with Gasteiger partial charge >= 0.3 is 0 Å². The molecule has 0 aromatic heterocycles. The fraction of sp³-hybridized carbons (Fsp3) is 0.654. The summed E-state index contributed by atoms with van der Waals surface area (Å²) in [5, 5.41) is 5.82. The van der Waals surface area contributed by atoms with Gasteiger partial charge in [-0.05, 0) is 49.8 Å². The zero-order valence-corrected chi connectivity index (χ0v) is 20.7. The highest BCUT2D eigenvalue weighted by atomic mass is 16.5. The SMILES string of the molecule is COCC(=O)Nc1ccc2c(c1)C(=O)N(C)[C@H]1CC[C@@H](CC(=O)NCC3CCCCC3)O[C@@H]1CO2. The molecular weight excluding hydrogens is 450 g/mol. The van der Waals surface area contributed by atoms with Crippen LogP contribution in [-0.4, -0.2) is 74.8 Å². The number of anilines is 1. The van der Waals surface area contributed by atoms with Gasteiger partial charge in [-0.2, -0.15) is 0 Å². The molecule has 192 valence electrons. The zero-order chi connectivity index (χ0) is 24.8. The predicted octanol–water partition coefficient (Wildman–Crippen LogP) is 2.74. The molecule has 1 aliphatic carbocycles. The Morgan fingerprint density at radius 3 is 2.69 bits per heavy atom. The van der Waals surface area contributed by atoms with Crippen LogP contribution in [0.4, 0.5) is 5.69 Å². The molecule has 9 nitrogen and oxygen atoms in total. The number of fused-ring (bicyclic) bond motifs is 2. The summed E-state index contributed by atoms with van der Waals surface area (Å²) in [4.78, 5) is 39.4. The van der Waals surface area contributed by atoms with Crippen molar-refractivity contribution in [2.45, 2.75) is 69.6 Å². The van der Waals surface area contributed by atoms with Crippen LogP contribution < -0.4 is 15.4 Å². The van der Waals surface area contributed by atoms with E-state index in [0.29, 0.717) is 35.8 Å². The van der Waals surface area contributed by atoms with Crippen molar-refractivity contribution in [1.82, 2.24) is 10.2 Å². The molecule has 2 aliphatic heterocycles. The number of amides is 3. The Hall–Kier alpha value is -2.65. The van der Waals surface area contributed by atoms with Gasteiger partial charge in [-0.3, -0.25) is 14.4 Å². The minimum atomic E-state index is -0.317. The van der Waals surface area contributed by atoms with E-state index >= 15 is 0 Å². The number of benzene rings is 1. The fourth-order valence-corrected chi connectivity index (χ4v) is 5.36. The summed E-state index contributed by atoms with van der Waals surface area (Å²) >= 11 is 0. The van der Waals surface area contributed by atoms with Gasteiger partial charge in [0.05, 0.1) is 24.1 Å². The summed E-state index contributed by atoms with van der Waals surface area (Å²) in [5.41, 5.74) is 0.901. The normalized spacial score (nSPS) is 24.9. The van der Waals surface area contributed by atoms with Crippen LogP contribution in [0.3, 0.4) is 0 Å². The average Bonchev–Trinajstić information content (AvgIpc) is 2.86. The van der Waals surface area contributed by atoms with E-state index < -0.39 is 0 Å². The number of rotatable bonds is 7. The molecule has 1 aromatic carbocycles. The summed E-state index contributed by atoms with van der Waals surface area (Å²) in [6.45, 7) is 0.968. The summed E-state index contributed by atoms with van der Waals surface area (Å²) < 4.78 is 17.1. The second-order valence-corrected chi connectivity index (χ2v) is 9.87. The molecule has 2 N–H and O–H groups in total. The largest absolute Gasteiger partial charge is 0.490 e. The van der Waals surface area contributed by atoms with Gasteiger partial charge in [0, 0.05) is 26.4 Å². The Bertz CT molecular complexity index is 916. The quantitative estimate of drug-likeness (QED) is 0.613. The van der Waals surface area contributed by atoms with Gasteiger partial charge in [0.25, 0.3) is 5.91 Å². The lowest BCUT2D eigenvalue weighted by atomic mass is 9.89. The van der Waals surface area contributed by atoms with Crippen molar-refractivity contribution in [1.29, 1.82) is 0 Å². The lowest BCUT2D eigenvalue weighted by Gasteiger charge is -2.42. The van der Waals surface area contributed by atoms with Gasteiger partial charge in [0.15, 0.2) is 0 Å². The van der Waals surface area contributed by atoms with E-state index in [1.165, 1.54) is 39.2 Å². The topological polar surface area (TPSA) is 106 Å². The van der Waals surface area contributed by atoms with Crippen LogP contribution in [0.5, 0.6) is 5.75 Å². The van der Waals surface area contributed by atoms with Crippen molar-refractivity contribution < 1.29 is 28.6 Å². The molecule has 0 bridgehead atoms. The van der Waals surface area contributed by atoms with Crippen LogP contribution in [0, 0.1) is 5.92 Å². The van der Waals surface area contributed by atoms with Crippen LogP contribution >= 0.6 is 0 Å². The minimum absolute atomic E-state index is 0.0311. The number of hydrogen-bond donors (Lipinski definition) is 2. The predicted molar refractivity (Wildman–Crippen MR) is 130 cm³/mol. The Kier molecular flexibility index (Phi) is 8.62. The number of nitrogens with one attached hydrogen (secondary N) is 2. The van der Waals surface area contributed by atoms with E-state index in [1.54, 1.807) is 30.1 Å². The van der Waals surface area contributed by atoms with Gasteiger partial charge in [0.1, 0.15) is 25.1 Å². The Labute approximate surface area is 206 Å². The molecule has 3 aliphatic rings. The third-order valence-corrected chi connectivity index (χ3v) is 7.30. The molecule has 3 amide bonds. The second kappa shape index (κ2) is 11.9. The fourth-order valence-electron chi connectivity index (χ4n) is 5.36. The Morgan fingerprint density at radius 2 is 1.91 bits per heavy atom. The van der Waals surface area contributed by atoms with Crippen molar-refractivity contribution in [3.63, 3.8) is 0 Å². The van der Waals surface area contributed by atoms with Gasteiger partial charge < -0.3 is 29.7 Å². The maximum Gasteiger partial charge on any atom is 0.257 e. The van der Waals surface area contributed by atoms with Crippen molar-refractivity contribution in [3.8, 4) is 5.75 Å². The number of ether oxygens (including phenoxy) is 3. The number of carbonyl (C=O) groups is 3. The summed E-state index contributed by atoms with van der Waals surface area (Å²) in [7, 11) is 3.22. The number of carbonyl (C=O) groups excluding carboxylic acids is 3. The van der Waals surface area contributed by atoms with Crippen molar-refractivity contribution >= 4 is 23.4 Å². The zero-order valence-electron chi connectivity index (χ0n) is 20.7. The van der Waals surface area contributed by atoms with Gasteiger partial charge in [-0.1, -0.05) is 19.3 Å². The average molecular weight is 488 g/mol. The molecule has 0 unspecified atom stereocenters. The van der Waals surface area contributed by atoms with Crippen molar-refractivity contribution in [2.24, 2.45) is 5.92 Å². The third-order valence-electron chi connectivity index (χ3n) is 7.30. The van der Waals surface area contributed by atoms with Crippen LogP contribution in [-0.2, 0) is 19.1 Å². The lowest BCUT2D eigenvalue weighted by Crippen LogP contribution is -2.54. The molecule has 4 rings (SSSR count). The van der Waals surface area contributed by atoms with E-state index in [4.69, 9.17) is 14.2 Å². The highest BCUT2D eigenvalue weighted by molar-refractivity contribution is 6.00. The van der Waals surface area contributed by atoms with E-state index in [2.05, 4.69) is 10.6 Å². The number of likely N-dealkylation sites (N-methyl/N-ethyl adjacent to an activating group) is 1. The first-order chi connectivity index (χ1) is 16.9. The molecule has 0 radical (unpaired) electrons. The van der Waals surface area contributed by atoms with E-state index in [-0.39, 0.29) is 49.2 Å². The van der Waals surface area contributed by atoms with E-state index in [0.717, 1.165) is 13.0 Å². The van der Waals surface area contributed by atoms with Gasteiger partial charge in [0.2, 0.25) is 11.8 Å². The van der Waals surface area contributed by atoms with Crippen LogP contribution in [0.15, 0.2) is 18.2 Å². The van der Waals surface area contributed by atoms with E-state index in [1.807, 2.05) is 0 Å². The first-order valence-corrected chi connectivity index (χ1v) is 12.7. The van der Waals surface area contributed by atoms with Crippen molar-refractivity contribution in [3.05, 3.63) is 23.8 Å². The monoisotopic (exact) mass is 487 g/mol. The molecule has 2 heterocycles. The molecule has 2 fully saturated rings. The Morgan fingerprint density at radius 1 is 1.11 bits per heavy atom. The highest BCUT2D eigenvalue weighted by Crippen LogP contribution is 2.32. The van der Waals surface area contributed by atoms with Crippen LogP contribution in [0.1, 0.15) is 61.7 Å². The summed E-state index contributed by atoms with van der Waals surface area (Å²) in [6.07, 6.45) is 7.48. The highest BCUT2D eigenvalue weighted by Gasteiger charge is 2.39. The first kappa shape index (κ1) is 25.4. The standard InChI is InChI=1S/C26H37N3O6/c1-29-21-10-9-19(13-24(30)27-14-17-6-4-3-5-7-17)35-23(21)15-34-22-11-8-18(12-20(22)26(29)32)28-25(31)16-33-2/h8,11-12,17,19,21,23H,3-7,9-10,13-16H2,1-2H3,(H,27,30)(H,28,31)/t19-,21-,23+/m0/s1. The Balaban J connectivity index is 1.35. The second-order valence-electron chi connectivity index (χ2n) is 9.87. The summed E-state index contributed by atoms with van der Waals surface area (Å²) in [5.74, 6) is 0.584. The maximum atomic E-state index is 13.3. The molecule has 9 heteroatoms. The van der Waals surface area contributed by atoms with Gasteiger partial charge in [-0.25, -0.2) is 0 Å². The molecule has 1 saturated heterocycles. The number of hydrogen-bond acceptors (Lipinski definition) is 6. The smallest absolute Gasteiger partial charge is 0.257 e. The maximum absolute atomic E-state index is 13.3. The number of methoxy groups -OCH3 is 1. The molecule has 0 spiro atoms. The first-order valence-electron chi connectivity index (χ1n) is 12.7. The minimum Gasteiger partial charge on any atom is -0.490 e. The number of nitrogens with zero attached hydrogens (tertiary/aromatic N) is 1. The van der Waals surface area contributed by atoms with E-state index in [9.17, 15) is 14.4 Å². The molecule has 3 atom stereocenters. The molecular formula is C26H37N3O6.